The van der Waals surface area contributed by atoms with Crippen LogP contribution in [0.15, 0.2) is 104 Å². The normalized spacial score (nSPS) is 28.5. The zero-order chi connectivity index (χ0) is 56.7. The van der Waals surface area contributed by atoms with Crippen molar-refractivity contribution in [2.75, 3.05) is 24.7 Å². The summed E-state index contributed by atoms with van der Waals surface area (Å²) >= 11 is 8.24. The first-order valence-electron chi connectivity index (χ1n) is 23.7. The molecule has 7 N–H and O–H groups in total. The van der Waals surface area contributed by atoms with Gasteiger partial charge in [-0.3, -0.25) is 42.8 Å². The first-order valence-corrected chi connectivity index (χ1v) is 29.8. The minimum absolute atomic E-state index is 0.109. The van der Waals surface area contributed by atoms with Crippen LogP contribution in [0.25, 0.3) is 0 Å². The average Bonchev–Trinajstić information content (AvgIpc) is 3.82. The largest absolute Gasteiger partial charge is 0.462 e. The number of esters is 2. The van der Waals surface area contributed by atoms with E-state index in [1.54, 1.807) is 76.2 Å². The van der Waals surface area contributed by atoms with Crippen LogP contribution in [0.1, 0.15) is 66.8 Å². The number of rotatable bonds is 18. The molecule has 0 amide bonds. The smallest absolute Gasteiger partial charge is 0.459 e. The van der Waals surface area contributed by atoms with Crippen molar-refractivity contribution in [2.24, 2.45) is 0 Å². The third kappa shape index (κ3) is 14.6. The highest BCUT2D eigenvalue weighted by Gasteiger charge is 2.70. The number of carbonyl (C=O) groups is 2. The molecule has 6 heterocycles. The predicted molar refractivity (Wildman–Crippen MR) is 278 cm³/mol. The monoisotopic (exact) mass is 1180 g/mol. The van der Waals surface area contributed by atoms with Crippen LogP contribution in [-0.2, 0) is 42.2 Å². The van der Waals surface area contributed by atoms with Crippen molar-refractivity contribution in [1.82, 2.24) is 29.3 Å². The number of aliphatic hydroxyl groups is 3. The third-order valence-electron chi connectivity index (χ3n) is 11.8. The van der Waals surface area contributed by atoms with Gasteiger partial charge in [-0.15, -0.1) is 23.5 Å². The van der Waals surface area contributed by atoms with E-state index in [1.807, 2.05) is 0 Å². The quantitative estimate of drug-likeness (QED) is 0.0536. The maximum Gasteiger partial charge on any atom is 0.459 e. The number of aliphatic hydroxyl groups excluding tert-OH is 3. The highest BCUT2D eigenvalue weighted by molar-refractivity contribution is 8.02. The molecular formula is C46H59ClF2N6O18P2S2. The van der Waals surface area contributed by atoms with Gasteiger partial charge in [0.2, 0.25) is 0 Å². The number of aromatic amines is 2. The van der Waals surface area contributed by atoms with Gasteiger partial charge in [-0.1, -0.05) is 36.4 Å². The van der Waals surface area contributed by atoms with Gasteiger partial charge in [-0.25, -0.2) is 32.6 Å². The van der Waals surface area contributed by atoms with E-state index < -0.39 is 126 Å². The Morgan fingerprint density at radius 2 is 1.12 bits per heavy atom. The SMILES string of the molecule is CC(C)OC(=O)[C@H](C)NP(=O)(Cl)Oc1ccccc1.CC(C)OC(=O)[C@H](C)NP(=O)(OC[C@@]1(F)O[C@@H](n2ccc(=O)[nH]c2=O)[C@@]2(CCS2)[C@@H]1O)Oc1ccccc1.O=c1ccn([C@@H]2O[C@](F)(CO)[C@@H](O)[C@]23CCS3)c(=O)[nH]1. The zero-order valence-corrected chi connectivity index (χ0v) is 46.3. The van der Waals surface area contributed by atoms with Crippen molar-refractivity contribution in [1.29, 1.82) is 0 Å². The lowest BCUT2D eigenvalue weighted by atomic mass is 9.93. The predicted octanol–water partition coefficient (Wildman–Crippen LogP) is 4.40. The molecule has 2 aromatic carbocycles. The van der Waals surface area contributed by atoms with Gasteiger partial charge in [0.15, 0.2) is 12.5 Å². The molecule has 4 aromatic rings. The van der Waals surface area contributed by atoms with Crippen molar-refractivity contribution in [3.05, 3.63) is 127 Å². The molecule has 0 radical (unpaired) electrons. The van der Waals surface area contributed by atoms with Crippen molar-refractivity contribution in [2.45, 2.75) is 125 Å². The van der Waals surface area contributed by atoms with E-state index in [9.17, 15) is 52.5 Å². The number of nitrogens with zero attached hydrogens (tertiary/aromatic N) is 2. The molecule has 0 bridgehead atoms. The average molecular weight is 1180 g/mol. The number of alkyl halides is 2. The van der Waals surface area contributed by atoms with Crippen LogP contribution in [0.5, 0.6) is 11.5 Å². The van der Waals surface area contributed by atoms with Gasteiger partial charge in [-0.05, 0) is 90.2 Å². The van der Waals surface area contributed by atoms with E-state index >= 15 is 4.39 Å². The molecule has 24 nitrogen and oxygen atoms in total. The van der Waals surface area contributed by atoms with Gasteiger partial charge in [0, 0.05) is 35.8 Å². The first kappa shape index (κ1) is 61.5. The topological polar surface area (TPSA) is 327 Å². The van der Waals surface area contributed by atoms with Gasteiger partial charge in [0.25, 0.3) is 22.8 Å². The summed E-state index contributed by atoms with van der Waals surface area (Å²) in [5, 5.41) is 35.2. The Bertz CT molecular complexity index is 3030. The maximum atomic E-state index is 16.2. The number of thioether (sulfide) groups is 2. The van der Waals surface area contributed by atoms with Gasteiger partial charge >= 0.3 is 37.9 Å². The summed E-state index contributed by atoms with van der Waals surface area (Å²) in [4.78, 5) is 74.8. The van der Waals surface area contributed by atoms with Crippen LogP contribution in [0.2, 0.25) is 0 Å². The number of para-hydroxylation sites is 2. The summed E-state index contributed by atoms with van der Waals surface area (Å²) < 4.78 is 92.9. The Labute approximate surface area is 451 Å². The van der Waals surface area contributed by atoms with Crippen molar-refractivity contribution >= 4 is 61.3 Å². The van der Waals surface area contributed by atoms with Gasteiger partial charge < -0.3 is 43.3 Å². The van der Waals surface area contributed by atoms with Crippen LogP contribution in [-0.4, -0.2) is 129 Å². The number of nitrogens with one attached hydrogen (secondary N) is 4. The Balaban J connectivity index is 0.000000207. The minimum atomic E-state index is -4.46. The molecule has 31 heteroatoms. The fraction of sp³-hybridized carbons (Fsp3) is 0.522. The van der Waals surface area contributed by atoms with E-state index in [1.165, 1.54) is 55.7 Å². The minimum Gasteiger partial charge on any atom is -0.462 e. The number of hydrogen-bond acceptors (Lipinski definition) is 20. The van der Waals surface area contributed by atoms with Crippen molar-refractivity contribution in [3.8, 4) is 11.5 Å². The third-order valence-corrected chi connectivity index (χ3v) is 18.2. The zero-order valence-electron chi connectivity index (χ0n) is 42.1. The number of carbonyl (C=O) groups excluding carboxylic acids is 2. The number of benzene rings is 2. The summed E-state index contributed by atoms with van der Waals surface area (Å²) in [5.74, 6) is -5.09. The molecular weight excluding hydrogens is 1120 g/mol. The molecule has 2 aromatic heterocycles. The molecule has 77 heavy (non-hydrogen) atoms. The molecule has 0 saturated carbocycles. The number of ether oxygens (including phenoxy) is 4. The van der Waals surface area contributed by atoms with E-state index in [0.29, 0.717) is 30.1 Å². The Morgan fingerprint density at radius 3 is 1.51 bits per heavy atom. The van der Waals surface area contributed by atoms with Crippen LogP contribution in [0.3, 0.4) is 0 Å². The Morgan fingerprint density at radius 1 is 0.714 bits per heavy atom. The maximum absolute atomic E-state index is 16.2. The second-order valence-electron chi connectivity index (χ2n) is 18.3. The lowest BCUT2D eigenvalue weighted by molar-refractivity contribution is -0.207. The summed E-state index contributed by atoms with van der Waals surface area (Å²) in [5.41, 5.74) is -2.81. The molecule has 2 spiro atoms. The van der Waals surface area contributed by atoms with Crippen LogP contribution >= 0.6 is 49.4 Å². The van der Waals surface area contributed by atoms with Crippen LogP contribution in [0, 0.1) is 0 Å². The molecule has 2 unspecified atom stereocenters. The second-order valence-corrected chi connectivity index (χ2v) is 25.7. The van der Waals surface area contributed by atoms with E-state index in [2.05, 4.69) is 20.1 Å². The molecule has 0 aliphatic carbocycles. The molecule has 8 rings (SSSR count). The lowest BCUT2D eigenvalue weighted by Gasteiger charge is -2.43. The Kier molecular flexibility index (Phi) is 20.1. The van der Waals surface area contributed by atoms with E-state index in [4.69, 9.17) is 48.9 Å². The molecule has 4 saturated heterocycles. The van der Waals surface area contributed by atoms with Gasteiger partial charge in [-0.2, -0.15) is 5.09 Å². The Hall–Kier alpha value is -4.67. The highest BCUT2D eigenvalue weighted by atomic mass is 35.7. The number of hydrogen-bond donors (Lipinski definition) is 7. The van der Waals surface area contributed by atoms with Crippen molar-refractivity contribution < 1.29 is 75.3 Å². The molecule has 4 fully saturated rings. The van der Waals surface area contributed by atoms with Crippen LogP contribution in [0.4, 0.5) is 8.78 Å². The second kappa shape index (κ2) is 25.2. The summed E-state index contributed by atoms with van der Waals surface area (Å²) in [6, 6.07) is 16.6. The van der Waals surface area contributed by atoms with Crippen molar-refractivity contribution in [3.63, 3.8) is 0 Å². The summed E-state index contributed by atoms with van der Waals surface area (Å²) in [7, 11) is -4.46. The van der Waals surface area contributed by atoms with E-state index in [0.717, 1.165) is 27.5 Å². The summed E-state index contributed by atoms with van der Waals surface area (Å²) in [6.45, 7) is 3.90. The molecule has 424 valence electrons. The lowest BCUT2D eigenvalue weighted by Crippen LogP contribution is -2.54. The highest BCUT2D eigenvalue weighted by Crippen LogP contribution is 2.61. The standard InChI is InChI=1S/C23H29FN3O9PS.C12H17ClNO4P.C11H13FN2O5S/c1-14(2)34-18(29)15(3)26-37(32,36-16-7-5-4-6-8-16)33-13-23(24)19(30)22(10-12-38-22)20(35-23)27-11-9-17(28)25-21(27)31;1-9(2)17-12(15)10(3)14-19(13,16)18-11-7-5-4-6-8-11;12-11(5-15)7(17)10(2-4-20-10)8(19-11)14-3-1-6(16)13-9(14)18/h4-9,11,14-15,19-20,30H,10,12-13H2,1-3H3,(H,26,32)(H,25,28,31);4-10H,1-3H3,(H,14,16);1,3,7-8,15,17H,2,4-5H2,(H,13,16,18)/t15-,19-,20+,22+,23+,37?;10-,19?;7-,8+,10+,11+/m000/s1. The summed E-state index contributed by atoms with van der Waals surface area (Å²) in [6.07, 6.45) is -3.33. The number of H-pyrrole nitrogens is 2. The molecule has 4 aliphatic rings. The fourth-order valence-electron chi connectivity index (χ4n) is 8.01. The number of aromatic nitrogens is 4. The van der Waals surface area contributed by atoms with Crippen LogP contribution < -0.4 is 41.7 Å². The van der Waals surface area contributed by atoms with Gasteiger partial charge in [0.05, 0.1) is 21.7 Å². The first-order chi connectivity index (χ1) is 36.1. The molecule has 12 atom stereocenters. The molecule has 4 aliphatic heterocycles. The number of halogens is 3. The van der Waals surface area contributed by atoms with Gasteiger partial charge in [0.1, 0.15) is 49.0 Å². The fourth-order valence-corrected chi connectivity index (χ4v) is 13.8. The van der Waals surface area contributed by atoms with E-state index in [-0.39, 0.29) is 11.9 Å².